The quantitative estimate of drug-likeness (QED) is 0.711. The molecule has 0 bridgehead atoms. The lowest BCUT2D eigenvalue weighted by molar-refractivity contribution is 0.538. The van der Waals surface area contributed by atoms with Gasteiger partial charge < -0.3 is 9.87 Å². The van der Waals surface area contributed by atoms with Gasteiger partial charge in [-0.25, -0.2) is 0 Å². The van der Waals surface area contributed by atoms with Crippen LogP contribution in [-0.4, -0.2) is 8.76 Å². The highest BCUT2D eigenvalue weighted by Crippen LogP contribution is 2.24. The first kappa shape index (κ1) is 16.1. The summed E-state index contributed by atoms with van der Waals surface area (Å²) in [4.78, 5) is 0.335. The molecule has 3 nitrogen and oxygen atoms in total. The standard InChI is InChI=1S/C18H16ClNO2S/c19-15-9-7-13(8-10-15)11-20-12-14-3-1-5-17-16(14)4-2-6-18(17)23(21)22/h1-10,20H,11-12H2,(H,21,22)/p-1. The molecule has 3 rings (SSSR count). The maximum Gasteiger partial charge on any atom is 0.0406 e. The Morgan fingerprint density at radius 1 is 0.913 bits per heavy atom. The Bertz CT molecular complexity index is 849. The van der Waals surface area contributed by atoms with Gasteiger partial charge in [0.05, 0.1) is 0 Å². The molecule has 0 aliphatic rings. The normalized spacial score (nSPS) is 12.4. The van der Waals surface area contributed by atoms with Gasteiger partial charge in [0.25, 0.3) is 0 Å². The van der Waals surface area contributed by atoms with E-state index < -0.39 is 11.1 Å². The van der Waals surface area contributed by atoms with E-state index in [1.54, 1.807) is 12.1 Å². The van der Waals surface area contributed by atoms with Crippen molar-refractivity contribution < 1.29 is 8.76 Å². The zero-order valence-corrected chi connectivity index (χ0v) is 13.9. The van der Waals surface area contributed by atoms with Crippen LogP contribution in [0.5, 0.6) is 0 Å². The van der Waals surface area contributed by atoms with E-state index in [1.807, 2.05) is 48.5 Å². The molecule has 1 N–H and O–H groups in total. The molecule has 23 heavy (non-hydrogen) atoms. The van der Waals surface area contributed by atoms with Gasteiger partial charge >= 0.3 is 0 Å². The summed E-state index contributed by atoms with van der Waals surface area (Å²) in [7, 11) is 0. The average molecular weight is 345 g/mol. The van der Waals surface area contributed by atoms with Crippen molar-refractivity contribution in [3.05, 3.63) is 76.8 Å². The predicted octanol–water partition coefficient (Wildman–Crippen LogP) is 4.02. The monoisotopic (exact) mass is 344 g/mol. The van der Waals surface area contributed by atoms with Crippen molar-refractivity contribution in [1.29, 1.82) is 0 Å². The molecule has 0 aliphatic heterocycles. The maximum atomic E-state index is 11.3. The number of benzene rings is 3. The van der Waals surface area contributed by atoms with Crippen LogP contribution in [-0.2, 0) is 24.2 Å². The molecule has 1 atom stereocenters. The molecule has 0 radical (unpaired) electrons. The van der Waals surface area contributed by atoms with Crippen molar-refractivity contribution in [1.82, 2.24) is 5.32 Å². The van der Waals surface area contributed by atoms with E-state index in [9.17, 15) is 8.76 Å². The van der Waals surface area contributed by atoms with Crippen LogP contribution in [0.25, 0.3) is 10.8 Å². The lowest BCUT2D eigenvalue weighted by Gasteiger charge is -2.13. The van der Waals surface area contributed by atoms with Gasteiger partial charge in [-0.3, -0.25) is 4.21 Å². The predicted molar refractivity (Wildman–Crippen MR) is 93.1 cm³/mol. The number of nitrogens with one attached hydrogen (secondary N) is 1. The second kappa shape index (κ2) is 7.23. The zero-order chi connectivity index (χ0) is 16.2. The minimum absolute atomic E-state index is 0.335. The van der Waals surface area contributed by atoms with Crippen LogP contribution in [0.2, 0.25) is 5.02 Å². The van der Waals surface area contributed by atoms with Gasteiger partial charge in [-0.05, 0) is 51.2 Å². The summed E-state index contributed by atoms with van der Waals surface area (Å²) in [6.07, 6.45) is 0. The van der Waals surface area contributed by atoms with Crippen molar-refractivity contribution in [2.24, 2.45) is 0 Å². The first-order valence-electron chi connectivity index (χ1n) is 7.20. The summed E-state index contributed by atoms with van der Waals surface area (Å²) >= 11 is 3.64. The molecule has 0 spiro atoms. The van der Waals surface area contributed by atoms with Gasteiger partial charge in [0, 0.05) is 23.0 Å². The summed E-state index contributed by atoms with van der Waals surface area (Å²) < 4.78 is 22.7. The first-order valence-corrected chi connectivity index (χ1v) is 8.65. The van der Waals surface area contributed by atoms with Crippen molar-refractivity contribution >= 4 is 33.5 Å². The molecule has 0 saturated heterocycles. The van der Waals surface area contributed by atoms with Crippen molar-refractivity contribution in [3.8, 4) is 0 Å². The largest absolute Gasteiger partial charge is 0.768 e. The van der Waals surface area contributed by atoms with Crippen LogP contribution in [0.4, 0.5) is 0 Å². The summed E-state index contributed by atoms with van der Waals surface area (Å²) in [6.45, 7) is 1.38. The molecule has 0 amide bonds. The molecule has 3 aromatic carbocycles. The Kier molecular flexibility index (Phi) is 5.08. The number of hydrogen-bond donors (Lipinski definition) is 1. The van der Waals surface area contributed by atoms with E-state index in [1.165, 1.54) is 0 Å². The minimum atomic E-state index is -2.23. The van der Waals surface area contributed by atoms with E-state index in [4.69, 9.17) is 11.6 Å². The van der Waals surface area contributed by atoms with Crippen molar-refractivity contribution in [2.75, 3.05) is 0 Å². The van der Waals surface area contributed by atoms with Crippen LogP contribution in [0.15, 0.2) is 65.6 Å². The Hall–Kier alpha value is -1.72. The van der Waals surface area contributed by atoms with Crippen LogP contribution < -0.4 is 5.32 Å². The summed E-state index contributed by atoms with van der Waals surface area (Å²) in [5.41, 5.74) is 2.22. The van der Waals surface area contributed by atoms with Gasteiger partial charge in [-0.2, -0.15) is 0 Å². The van der Waals surface area contributed by atoms with Crippen molar-refractivity contribution in [2.45, 2.75) is 18.0 Å². The summed E-state index contributed by atoms with van der Waals surface area (Å²) in [5.74, 6) is 0. The van der Waals surface area contributed by atoms with Gasteiger partial charge in [0.2, 0.25) is 0 Å². The van der Waals surface area contributed by atoms with Crippen LogP contribution >= 0.6 is 11.6 Å². The minimum Gasteiger partial charge on any atom is -0.768 e. The van der Waals surface area contributed by atoms with E-state index in [0.29, 0.717) is 11.4 Å². The Balaban J connectivity index is 1.79. The fraction of sp³-hybridized carbons (Fsp3) is 0.111. The average Bonchev–Trinajstić information content (AvgIpc) is 2.56. The highest BCUT2D eigenvalue weighted by atomic mass is 35.5. The lowest BCUT2D eigenvalue weighted by atomic mass is 10.0. The number of fused-ring (bicyclic) bond motifs is 1. The van der Waals surface area contributed by atoms with E-state index in [0.717, 1.165) is 33.5 Å². The number of halogens is 1. The second-order valence-corrected chi connectivity index (χ2v) is 6.58. The van der Waals surface area contributed by atoms with E-state index >= 15 is 0 Å². The molecule has 3 aromatic rings. The highest BCUT2D eigenvalue weighted by molar-refractivity contribution is 7.79. The summed E-state index contributed by atoms with van der Waals surface area (Å²) in [5, 5.41) is 5.82. The molecule has 0 aliphatic carbocycles. The number of hydrogen-bond acceptors (Lipinski definition) is 3. The highest BCUT2D eigenvalue weighted by Gasteiger charge is 2.05. The third-order valence-electron chi connectivity index (χ3n) is 3.71. The third-order valence-corrected chi connectivity index (χ3v) is 4.68. The van der Waals surface area contributed by atoms with Crippen molar-refractivity contribution in [3.63, 3.8) is 0 Å². The SMILES string of the molecule is O=S([O-])c1cccc2c(CNCc3ccc(Cl)cc3)cccc12. The zero-order valence-electron chi connectivity index (χ0n) is 12.3. The van der Waals surface area contributed by atoms with E-state index in [-0.39, 0.29) is 0 Å². The lowest BCUT2D eigenvalue weighted by Crippen LogP contribution is -2.12. The molecular formula is C18H15ClNO2S-. The Morgan fingerprint density at radius 2 is 1.61 bits per heavy atom. The fourth-order valence-corrected chi connectivity index (χ4v) is 3.26. The Morgan fingerprint density at radius 3 is 2.35 bits per heavy atom. The maximum absolute atomic E-state index is 11.3. The molecule has 0 heterocycles. The molecule has 0 aromatic heterocycles. The van der Waals surface area contributed by atoms with Gasteiger partial charge in [-0.1, -0.05) is 54.1 Å². The molecular weight excluding hydrogens is 330 g/mol. The molecule has 0 saturated carbocycles. The topological polar surface area (TPSA) is 52.2 Å². The molecule has 1 unspecified atom stereocenters. The summed E-state index contributed by atoms with van der Waals surface area (Å²) in [6, 6.07) is 18.8. The first-order chi connectivity index (χ1) is 11.1. The second-order valence-electron chi connectivity index (χ2n) is 5.23. The van der Waals surface area contributed by atoms with Gasteiger partial charge in [0.15, 0.2) is 0 Å². The van der Waals surface area contributed by atoms with E-state index in [2.05, 4.69) is 5.32 Å². The number of rotatable bonds is 5. The molecule has 0 fully saturated rings. The van der Waals surface area contributed by atoms with Crippen LogP contribution in [0.3, 0.4) is 0 Å². The smallest absolute Gasteiger partial charge is 0.0406 e. The fourth-order valence-electron chi connectivity index (χ4n) is 2.59. The molecule has 118 valence electrons. The third kappa shape index (κ3) is 3.79. The molecule has 5 heteroatoms. The van der Waals surface area contributed by atoms with Crippen LogP contribution in [0, 0.1) is 0 Å². The van der Waals surface area contributed by atoms with Crippen LogP contribution in [0.1, 0.15) is 11.1 Å². The Labute approximate surface area is 142 Å². The van der Waals surface area contributed by atoms with Gasteiger partial charge in [-0.15, -0.1) is 0 Å². The van der Waals surface area contributed by atoms with Gasteiger partial charge in [0.1, 0.15) is 0 Å².